The van der Waals surface area contributed by atoms with Crippen molar-refractivity contribution in [3.05, 3.63) is 71.8 Å². The fourth-order valence-corrected chi connectivity index (χ4v) is 6.21. The number of carbonyl (C=O) groups excluding carboxylic acids is 2. The highest BCUT2D eigenvalue weighted by Gasteiger charge is 2.64. The predicted molar refractivity (Wildman–Crippen MR) is 127 cm³/mol. The first-order valence-electron chi connectivity index (χ1n) is 11.8. The molecule has 2 N–H and O–H groups in total. The van der Waals surface area contributed by atoms with Gasteiger partial charge in [0.1, 0.15) is 5.41 Å². The molecular weight excluding hydrogens is 398 g/mol. The number of rotatable bonds is 2. The first-order valence-corrected chi connectivity index (χ1v) is 11.8. The van der Waals surface area contributed by atoms with E-state index in [1.807, 2.05) is 18.2 Å². The van der Waals surface area contributed by atoms with Gasteiger partial charge >= 0.3 is 0 Å². The van der Waals surface area contributed by atoms with Gasteiger partial charge in [-0.1, -0.05) is 68.0 Å². The Morgan fingerprint density at radius 3 is 2.59 bits per heavy atom. The van der Waals surface area contributed by atoms with Crippen LogP contribution in [0.15, 0.2) is 66.3 Å². The zero-order valence-electron chi connectivity index (χ0n) is 19.5. The van der Waals surface area contributed by atoms with Crippen molar-refractivity contribution in [1.82, 2.24) is 5.32 Å². The van der Waals surface area contributed by atoms with E-state index in [1.165, 1.54) is 11.6 Å². The molecule has 170 valence electrons. The molecule has 1 amide bonds. The predicted octanol–water partition coefficient (Wildman–Crippen LogP) is 4.40. The lowest BCUT2D eigenvalue weighted by Crippen LogP contribution is -2.52. The minimum absolute atomic E-state index is 0.0919. The fourth-order valence-electron chi connectivity index (χ4n) is 6.21. The van der Waals surface area contributed by atoms with Crippen LogP contribution in [0, 0.1) is 29.1 Å². The van der Waals surface area contributed by atoms with Gasteiger partial charge in [0.2, 0.25) is 5.91 Å². The number of allylic oxidation sites excluding steroid dienone is 5. The Morgan fingerprint density at radius 2 is 1.88 bits per heavy atom. The summed E-state index contributed by atoms with van der Waals surface area (Å²) in [4.78, 5) is 27.6. The number of aliphatic hydroxyl groups is 1. The van der Waals surface area contributed by atoms with Crippen molar-refractivity contribution in [3.63, 3.8) is 0 Å². The van der Waals surface area contributed by atoms with Crippen molar-refractivity contribution < 1.29 is 14.7 Å². The molecule has 2 aliphatic carbocycles. The van der Waals surface area contributed by atoms with Crippen molar-refractivity contribution in [3.8, 4) is 0 Å². The highest BCUT2D eigenvalue weighted by Crippen LogP contribution is 2.54. The molecule has 7 atom stereocenters. The van der Waals surface area contributed by atoms with Gasteiger partial charge in [0.15, 0.2) is 5.78 Å². The van der Waals surface area contributed by atoms with Crippen LogP contribution in [0.3, 0.4) is 0 Å². The Morgan fingerprint density at radius 1 is 1.16 bits per heavy atom. The molecule has 1 aromatic carbocycles. The molecule has 0 radical (unpaired) electrons. The fraction of sp³-hybridized carbons (Fsp3) is 0.500. The Bertz CT molecular complexity index is 974. The monoisotopic (exact) mass is 433 g/mol. The summed E-state index contributed by atoms with van der Waals surface area (Å²) in [5.74, 6) is -0.478. The van der Waals surface area contributed by atoms with Crippen LogP contribution in [0.1, 0.15) is 46.1 Å². The SMILES string of the molecule is CC1=C[C@@H]2C=CC[C@H](C)C[C@](C)(O)C=CC(=O)[C@]23C(=O)N[C@@H](Cc2ccccc2)[C@@H]3[C@@H]1C. The van der Waals surface area contributed by atoms with Crippen LogP contribution in [-0.2, 0) is 16.0 Å². The largest absolute Gasteiger partial charge is 0.386 e. The van der Waals surface area contributed by atoms with Crippen LogP contribution in [0.25, 0.3) is 0 Å². The Balaban J connectivity index is 1.84. The van der Waals surface area contributed by atoms with Crippen LogP contribution in [0.2, 0.25) is 0 Å². The maximum atomic E-state index is 13.9. The maximum Gasteiger partial charge on any atom is 0.235 e. The van der Waals surface area contributed by atoms with Gasteiger partial charge in [-0.25, -0.2) is 0 Å². The first kappa shape index (κ1) is 22.7. The van der Waals surface area contributed by atoms with Gasteiger partial charge in [0.05, 0.1) is 5.60 Å². The first-order chi connectivity index (χ1) is 15.1. The van der Waals surface area contributed by atoms with Crippen molar-refractivity contribution in [2.45, 2.75) is 58.6 Å². The van der Waals surface area contributed by atoms with Crippen LogP contribution < -0.4 is 5.32 Å². The molecule has 1 aliphatic heterocycles. The van der Waals surface area contributed by atoms with Gasteiger partial charge in [-0.15, -0.1) is 0 Å². The molecule has 3 aliphatic rings. The van der Waals surface area contributed by atoms with Crippen molar-refractivity contribution in [2.75, 3.05) is 0 Å². The van der Waals surface area contributed by atoms with E-state index in [2.05, 4.69) is 56.4 Å². The van der Waals surface area contributed by atoms with E-state index < -0.39 is 11.0 Å². The third-order valence-electron chi connectivity index (χ3n) is 7.82. The summed E-state index contributed by atoms with van der Waals surface area (Å²) in [7, 11) is 0. The molecule has 4 heteroatoms. The maximum absolute atomic E-state index is 13.9. The number of hydrogen-bond donors (Lipinski definition) is 2. The molecule has 1 spiro atoms. The summed E-state index contributed by atoms with van der Waals surface area (Å²) in [6.45, 7) is 8.09. The van der Waals surface area contributed by atoms with Gasteiger partial charge in [-0.3, -0.25) is 9.59 Å². The topological polar surface area (TPSA) is 66.4 Å². The van der Waals surface area contributed by atoms with Crippen LogP contribution in [0.4, 0.5) is 0 Å². The summed E-state index contributed by atoms with van der Waals surface area (Å²) in [5, 5.41) is 14.1. The molecule has 32 heavy (non-hydrogen) atoms. The normalized spacial score (nSPS) is 39.5. The van der Waals surface area contributed by atoms with Crippen LogP contribution in [0.5, 0.6) is 0 Å². The average Bonchev–Trinajstić information content (AvgIpc) is 3.02. The van der Waals surface area contributed by atoms with Gasteiger partial charge in [-0.2, -0.15) is 0 Å². The highest BCUT2D eigenvalue weighted by molar-refractivity contribution is 6.13. The number of amides is 1. The van der Waals surface area contributed by atoms with Gasteiger partial charge in [0, 0.05) is 17.9 Å². The van der Waals surface area contributed by atoms with Crippen molar-refractivity contribution >= 4 is 11.7 Å². The lowest BCUT2D eigenvalue weighted by Gasteiger charge is -2.44. The third kappa shape index (κ3) is 3.90. The number of carbonyl (C=O) groups is 2. The zero-order valence-corrected chi connectivity index (χ0v) is 19.5. The number of hydrogen-bond acceptors (Lipinski definition) is 3. The lowest BCUT2D eigenvalue weighted by atomic mass is 9.55. The van der Waals surface area contributed by atoms with E-state index in [9.17, 15) is 14.7 Å². The number of benzene rings is 1. The standard InChI is InChI=1S/C28H35NO3/c1-18-9-8-12-22-15-19(2)20(3)25-23(16-21-10-6-5-7-11-21)29-26(31)28(22,25)24(30)13-14-27(4,32)17-18/h5-8,10-15,18,20,22-23,25,32H,9,16-17H2,1-4H3,(H,29,31)/t18-,20+,22-,23-,25-,27+,28+/m0/s1. The van der Waals surface area contributed by atoms with Crippen LogP contribution >= 0.6 is 0 Å². The van der Waals surface area contributed by atoms with Crippen molar-refractivity contribution in [1.29, 1.82) is 0 Å². The second-order valence-electron chi connectivity index (χ2n) is 10.4. The second-order valence-corrected chi connectivity index (χ2v) is 10.4. The minimum Gasteiger partial charge on any atom is -0.386 e. The number of nitrogens with one attached hydrogen (secondary N) is 1. The van der Waals surface area contributed by atoms with Gasteiger partial charge in [-0.05, 0) is 62.7 Å². The second kappa shape index (κ2) is 8.47. The summed E-state index contributed by atoms with van der Waals surface area (Å²) in [6, 6.07) is 10.0. The lowest BCUT2D eigenvalue weighted by molar-refractivity contribution is -0.142. The molecule has 4 rings (SSSR count). The summed E-state index contributed by atoms with van der Waals surface area (Å²) < 4.78 is 0. The minimum atomic E-state index is -1.19. The molecule has 1 saturated heterocycles. The zero-order chi connectivity index (χ0) is 23.1. The molecule has 0 unspecified atom stereocenters. The quantitative estimate of drug-likeness (QED) is 0.536. The summed E-state index contributed by atoms with van der Waals surface area (Å²) in [5.41, 5.74) is 0.105. The highest BCUT2D eigenvalue weighted by atomic mass is 16.3. The molecule has 0 bridgehead atoms. The van der Waals surface area contributed by atoms with E-state index in [-0.39, 0.29) is 41.4 Å². The van der Waals surface area contributed by atoms with Crippen LogP contribution in [-0.4, -0.2) is 28.4 Å². The molecular formula is C28H35NO3. The van der Waals surface area contributed by atoms with Gasteiger partial charge < -0.3 is 10.4 Å². The Hall–Kier alpha value is -2.46. The Kier molecular flexibility index (Phi) is 6.02. The van der Waals surface area contributed by atoms with E-state index >= 15 is 0 Å². The smallest absolute Gasteiger partial charge is 0.235 e. The molecule has 1 heterocycles. The third-order valence-corrected chi connectivity index (χ3v) is 7.82. The molecule has 0 saturated carbocycles. The summed E-state index contributed by atoms with van der Waals surface area (Å²) >= 11 is 0. The molecule has 4 nitrogen and oxygen atoms in total. The van der Waals surface area contributed by atoms with E-state index in [1.54, 1.807) is 13.0 Å². The Labute approximate surface area is 191 Å². The molecule has 1 aromatic rings. The van der Waals surface area contributed by atoms with E-state index in [0.717, 1.165) is 12.0 Å². The average molecular weight is 434 g/mol. The van der Waals surface area contributed by atoms with Gasteiger partial charge in [0.25, 0.3) is 0 Å². The van der Waals surface area contributed by atoms with Crippen molar-refractivity contribution in [2.24, 2.45) is 29.1 Å². The summed E-state index contributed by atoms with van der Waals surface area (Å²) in [6.07, 6.45) is 11.4. The molecule has 1 fully saturated rings. The number of ketones is 1. The van der Waals surface area contributed by atoms with E-state index in [0.29, 0.717) is 12.8 Å². The molecule has 0 aromatic heterocycles. The van der Waals surface area contributed by atoms with E-state index in [4.69, 9.17) is 0 Å².